The maximum absolute atomic E-state index is 9.99. The number of benzene rings is 2. The first-order chi connectivity index (χ1) is 9.15. The first kappa shape index (κ1) is 14.4. The van der Waals surface area contributed by atoms with Gasteiger partial charge in [-0.2, -0.15) is 0 Å². The zero-order valence-electron chi connectivity index (χ0n) is 10.3. The van der Waals surface area contributed by atoms with Gasteiger partial charge in [-0.25, -0.2) is 0 Å². The molecule has 2 nitrogen and oxygen atoms in total. The van der Waals surface area contributed by atoms with Crippen molar-refractivity contribution in [2.45, 2.75) is 12.6 Å². The van der Waals surface area contributed by atoms with Crippen LogP contribution in [0.4, 0.5) is 0 Å². The molecule has 0 aliphatic rings. The Morgan fingerprint density at radius 2 is 1.63 bits per heavy atom. The molecule has 0 aliphatic carbocycles. The lowest BCUT2D eigenvalue weighted by atomic mass is 10.1. The average molecular weight is 296 g/mol. The molecule has 1 atom stereocenters. The van der Waals surface area contributed by atoms with Crippen LogP contribution in [0.3, 0.4) is 0 Å². The number of rotatable bonds is 5. The summed E-state index contributed by atoms with van der Waals surface area (Å²) in [7, 11) is 0. The van der Waals surface area contributed by atoms with Crippen LogP contribution in [0.5, 0.6) is 0 Å². The summed E-state index contributed by atoms with van der Waals surface area (Å²) in [5.41, 5.74) is 1.90. The largest absolute Gasteiger partial charge is 0.387 e. The van der Waals surface area contributed by atoms with Crippen LogP contribution >= 0.6 is 23.2 Å². The predicted molar refractivity (Wildman–Crippen MR) is 79.6 cm³/mol. The number of hydrogen-bond donors (Lipinski definition) is 2. The fourth-order valence-corrected chi connectivity index (χ4v) is 2.43. The Morgan fingerprint density at radius 1 is 1.00 bits per heavy atom. The summed E-state index contributed by atoms with van der Waals surface area (Å²) in [6.07, 6.45) is -0.518. The zero-order chi connectivity index (χ0) is 13.7. The highest BCUT2D eigenvalue weighted by Gasteiger charge is 2.06. The third-order valence-electron chi connectivity index (χ3n) is 2.77. The van der Waals surface area contributed by atoms with Crippen LogP contribution in [0.25, 0.3) is 0 Å². The highest BCUT2D eigenvalue weighted by atomic mass is 35.5. The van der Waals surface area contributed by atoms with E-state index in [-0.39, 0.29) is 0 Å². The first-order valence-electron chi connectivity index (χ1n) is 6.04. The van der Waals surface area contributed by atoms with E-state index in [1.165, 1.54) is 0 Å². The van der Waals surface area contributed by atoms with Crippen LogP contribution in [0.1, 0.15) is 17.2 Å². The zero-order valence-corrected chi connectivity index (χ0v) is 11.8. The van der Waals surface area contributed by atoms with Gasteiger partial charge in [0.15, 0.2) is 0 Å². The average Bonchev–Trinajstić information content (AvgIpc) is 2.38. The maximum atomic E-state index is 9.99. The maximum Gasteiger partial charge on any atom is 0.0914 e. The van der Waals surface area contributed by atoms with Gasteiger partial charge in [0.2, 0.25) is 0 Å². The lowest BCUT2D eigenvalue weighted by molar-refractivity contribution is 0.174. The second kappa shape index (κ2) is 6.92. The van der Waals surface area contributed by atoms with E-state index < -0.39 is 6.10 Å². The van der Waals surface area contributed by atoms with Crippen LogP contribution in [0.2, 0.25) is 10.0 Å². The molecule has 2 aromatic rings. The van der Waals surface area contributed by atoms with Crippen LogP contribution in [0.15, 0.2) is 48.5 Å². The van der Waals surface area contributed by atoms with Crippen LogP contribution in [-0.4, -0.2) is 11.7 Å². The number of nitrogens with one attached hydrogen (secondary N) is 1. The third-order valence-corrected chi connectivity index (χ3v) is 3.21. The second-order valence-corrected chi connectivity index (χ2v) is 5.21. The minimum atomic E-state index is -0.518. The summed E-state index contributed by atoms with van der Waals surface area (Å²) in [4.78, 5) is 0. The molecule has 0 radical (unpaired) electrons. The lowest BCUT2D eigenvalue weighted by Crippen LogP contribution is -2.21. The highest BCUT2D eigenvalue weighted by molar-refractivity contribution is 6.34. The smallest absolute Gasteiger partial charge is 0.0914 e. The van der Waals surface area contributed by atoms with Crippen LogP contribution in [-0.2, 0) is 6.54 Å². The van der Waals surface area contributed by atoms with Gasteiger partial charge in [0.1, 0.15) is 0 Å². The Labute approximate surface area is 123 Å². The Bertz CT molecular complexity index is 511. The van der Waals surface area contributed by atoms with Gasteiger partial charge in [0.05, 0.1) is 6.10 Å². The summed E-state index contributed by atoms with van der Waals surface area (Å²) >= 11 is 11.9. The standard InChI is InChI=1S/C15H15Cl2NO/c16-13-6-11(7-14(17)8-13)9-18-10-15(19)12-4-2-1-3-5-12/h1-8,15,18-19H,9-10H2. The third kappa shape index (κ3) is 4.51. The summed E-state index contributed by atoms with van der Waals surface area (Å²) in [5.74, 6) is 0. The fraction of sp³-hybridized carbons (Fsp3) is 0.200. The van der Waals surface area contributed by atoms with Gasteiger partial charge in [-0.15, -0.1) is 0 Å². The molecule has 0 aromatic heterocycles. The Morgan fingerprint density at radius 3 is 2.26 bits per heavy atom. The molecule has 100 valence electrons. The van der Waals surface area contributed by atoms with Crippen molar-refractivity contribution in [3.05, 3.63) is 69.7 Å². The van der Waals surface area contributed by atoms with E-state index in [1.54, 1.807) is 6.07 Å². The molecule has 0 spiro atoms. The molecule has 2 aromatic carbocycles. The molecule has 2 rings (SSSR count). The molecular weight excluding hydrogens is 281 g/mol. The monoisotopic (exact) mass is 295 g/mol. The van der Waals surface area contributed by atoms with Gasteiger partial charge in [-0.3, -0.25) is 0 Å². The van der Waals surface area contributed by atoms with E-state index in [1.807, 2.05) is 42.5 Å². The van der Waals surface area contributed by atoms with Crippen molar-refractivity contribution in [2.75, 3.05) is 6.54 Å². The van der Waals surface area contributed by atoms with E-state index in [4.69, 9.17) is 23.2 Å². The van der Waals surface area contributed by atoms with E-state index in [0.717, 1.165) is 11.1 Å². The molecule has 2 N–H and O–H groups in total. The molecule has 0 aliphatic heterocycles. The number of aliphatic hydroxyl groups excluding tert-OH is 1. The molecular formula is C15H15Cl2NO. The molecule has 19 heavy (non-hydrogen) atoms. The first-order valence-corrected chi connectivity index (χ1v) is 6.79. The predicted octanol–water partition coefficient (Wildman–Crippen LogP) is 3.82. The van der Waals surface area contributed by atoms with E-state index in [0.29, 0.717) is 23.1 Å². The van der Waals surface area contributed by atoms with Crippen molar-refractivity contribution in [2.24, 2.45) is 0 Å². The molecule has 0 heterocycles. The molecule has 0 saturated heterocycles. The lowest BCUT2D eigenvalue weighted by Gasteiger charge is -2.12. The van der Waals surface area contributed by atoms with Crippen molar-refractivity contribution in [1.29, 1.82) is 0 Å². The van der Waals surface area contributed by atoms with Crippen LogP contribution in [0, 0.1) is 0 Å². The second-order valence-electron chi connectivity index (χ2n) is 4.34. The molecule has 0 amide bonds. The van der Waals surface area contributed by atoms with E-state index in [2.05, 4.69) is 5.32 Å². The number of hydrogen-bond acceptors (Lipinski definition) is 2. The number of aliphatic hydroxyl groups is 1. The summed E-state index contributed by atoms with van der Waals surface area (Å²) in [6.45, 7) is 1.10. The minimum absolute atomic E-state index is 0.480. The van der Waals surface area contributed by atoms with Gasteiger partial charge in [-0.05, 0) is 29.3 Å². The normalized spacial score (nSPS) is 12.4. The van der Waals surface area contributed by atoms with Gasteiger partial charge in [0, 0.05) is 23.1 Å². The minimum Gasteiger partial charge on any atom is -0.387 e. The Kier molecular flexibility index (Phi) is 5.23. The Hall–Kier alpha value is -1.06. The Balaban J connectivity index is 1.86. The topological polar surface area (TPSA) is 32.3 Å². The summed E-state index contributed by atoms with van der Waals surface area (Å²) in [5, 5.41) is 14.4. The molecule has 0 bridgehead atoms. The SMILES string of the molecule is OC(CNCc1cc(Cl)cc(Cl)c1)c1ccccc1. The van der Waals surface area contributed by atoms with Crippen molar-refractivity contribution >= 4 is 23.2 Å². The summed E-state index contributed by atoms with van der Waals surface area (Å²) in [6, 6.07) is 15.0. The van der Waals surface area contributed by atoms with Crippen LogP contribution < -0.4 is 5.32 Å². The molecule has 1 unspecified atom stereocenters. The van der Waals surface area contributed by atoms with Crippen molar-refractivity contribution in [3.63, 3.8) is 0 Å². The summed E-state index contributed by atoms with van der Waals surface area (Å²) < 4.78 is 0. The van der Waals surface area contributed by atoms with Gasteiger partial charge in [0.25, 0.3) is 0 Å². The molecule has 4 heteroatoms. The van der Waals surface area contributed by atoms with E-state index in [9.17, 15) is 5.11 Å². The molecule has 0 fully saturated rings. The van der Waals surface area contributed by atoms with Crippen molar-refractivity contribution < 1.29 is 5.11 Å². The van der Waals surface area contributed by atoms with Gasteiger partial charge < -0.3 is 10.4 Å². The van der Waals surface area contributed by atoms with E-state index >= 15 is 0 Å². The number of halogens is 2. The quantitative estimate of drug-likeness (QED) is 0.879. The highest BCUT2D eigenvalue weighted by Crippen LogP contribution is 2.19. The van der Waals surface area contributed by atoms with Gasteiger partial charge in [-0.1, -0.05) is 53.5 Å². The van der Waals surface area contributed by atoms with Gasteiger partial charge >= 0.3 is 0 Å². The van der Waals surface area contributed by atoms with Crippen molar-refractivity contribution in [1.82, 2.24) is 5.32 Å². The molecule has 0 saturated carbocycles. The van der Waals surface area contributed by atoms with Crippen molar-refractivity contribution in [3.8, 4) is 0 Å². The fourth-order valence-electron chi connectivity index (χ4n) is 1.86.